The average molecular weight is 207 g/mol. The number of halogens is 1. The molecule has 0 heterocycles. The fourth-order valence-corrected chi connectivity index (χ4v) is 1.77. The van der Waals surface area contributed by atoms with Gasteiger partial charge in [0.2, 0.25) is 0 Å². The van der Waals surface area contributed by atoms with Gasteiger partial charge < -0.3 is 4.90 Å². The monoisotopic (exact) mass is 207 g/mol. The third-order valence-corrected chi connectivity index (χ3v) is 2.14. The first-order valence-electron chi connectivity index (χ1n) is 5.03. The highest BCUT2D eigenvalue weighted by Crippen LogP contribution is 2.27. The summed E-state index contributed by atoms with van der Waals surface area (Å²) in [4.78, 5) is 2.09. The van der Waals surface area contributed by atoms with Crippen molar-refractivity contribution in [1.29, 1.82) is 0 Å². The molecule has 1 nitrogen and oxygen atoms in total. The van der Waals surface area contributed by atoms with E-state index in [9.17, 15) is 4.39 Å². The zero-order chi connectivity index (χ0) is 11.6. The molecule has 0 aliphatic heterocycles. The zero-order valence-corrected chi connectivity index (χ0v) is 9.84. The van der Waals surface area contributed by atoms with Gasteiger partial charge in [0.25, 0.3) is 0 Å². The number of benzene rings is 1. The van der Waals surface area contributed by atoms with E-state index >= 15 is 0 Å². The molecule has 0 saturated heterocycles. The molecule has 0 aliphatic carbocycles. The topological polar surface area (TPSA) is 3.24 Å². The summed E-state index contributed by atoms with van der Waals surface area (Å²) in [5, 5.41) is 0. The SMILES string of the molecule is C=C(C)N(c1ccc(F)cc1)C(C)(C)C. The number of anilines is 1. The lowest BCUT2D eigenvalue weighted by atomic mass is 10.0. The van der Waals surface area contributed by atoms with Crippen molar-refractivity contribution in [2.24, 2.45) is 0 Å². The lowest BCUT2D eigenvalue weighted by Crippen LogP contribution is -2.39. The van der Waals surface area contributed by atoms with Gasteiger partial charge in [-0.3, -0.25) is 0 Å². The maximum atomic E-state index is 12.8. The number of hydrogen-bond donors (Lipinski definition) is 0. The van der Waals surface area contributed by atoms with Crippen LogP contribution in [0.1, 0.15) is 27.7 Å². The lowest BCUT2D eigenvalue weighted by Gasteiger charge is -2.38. The molecule has 0 radical (unpaired) electrons. The Bertz CT molecular complexity index is 346. The van der Waals surface area contributed by atoms with Crippen molar-refractivity contribution < 1.29 is 4.39 Å². The molecule has 1 rings (SSSR count). The van der Waals surface area contributed by atoms with Crippen molar-refractivity contribution in [2.45, 2.75) is 33.2 Å². The Labute approximate surface area is 91.2 Å². The van der Waals surface area contributed by atoms with E-state index in [0.717, 1.165) is 11.4 Å². The first-order chi connectivity index (χ1) is 6.82. The summed E-state index contributed by atoms with van der Waals surface area (Å²) < 4.78 is 12.8. The molecule has 0 aliphatic rings. The molecule has 0 bridgehead atoms. The molecule has 0 unspecified atom stereocenters. The van der Waals surface area contributed by atoms with Crippen molar-refractivity contribution in [3.8, 4) is 0 Å². The summed E-state index contributed by atoms with van der Waals surface area (Å²) in [5.74, 6) is -0.214. The predicted molar refractivity (Wildman–Crippen MR) is 63.4 cm³/mol. The highest BCUT2D eigenvalue weighted by molar-refractivity contribution is 5.53. The van der Waals surface area contributed by atoms with Crippen LogP contribution in [0.25, 0.3) is 0 Å². The quantitative estimate of drug-likeness (QED) is 0.709. The molecular weight excluding hydrogens is 189 g/mol. The second-order valence-corrected chi connectivity index (χ2v) is 4.72. The Morgan fingerprint density at radius 3 is 2.00 bits per heavy atom. The van der Waals surface area contributed by atoms with E-state index in [1.54, 1.807) is 12.1 Å². The van der Waals surface area contributed by atoms with Crippen LogP contribution in [0.3, 0.4) is 0 Å². The Hall–Kier alpha value is -1.31. The fourth-order valence-electron chi connectivity index (χ4n) is 1.77. The molecular formula is C13H18FN. The van der Waals surface area contributed by atoms with Crippen molar-refractivity contribution in [1.82, 2.24) is 0 Å². The van der Waals surface area contributed by atoms with Crippen molar-refractivity contribution in [2.75, 3.05) is 4.90 Å². The molecule has 0 N–H and O–H groups in total. The molecule has 82 valence electrons. The molecule has 1 aromatic carbocycles. The summed E-state index contributed by atoms with van der Waals surface area (Å²) in [6.07, 6.45) is 0. The van der Waals surface area contributed by atoms with Gasteiger partial charge in [0.15, 0.2) is 0 Å². The summed E-state index contributed by atoms with van der Waals surface area (Å²) >= 11 is 0. The Balaban J connectivity index is 3.11. The van der Waals surface area contributed by atoms with Gasteiger partial charge in [0, 0.05) is 16.9 Å². The molecule has 0 atom stereocenters. The van der Waals surface area contributed by atoms with Crippen molar-refractivity contribution in [3.63, 3.8) is 0 Å². The van der Waals surface area contributed by atoms with Gasteiger partial charge in [-0.15, -0.1) is 0 Å². The van der Waals surface area contributed by atoms with E-state index in [1.807, 2.05) is 6.92 Å². The maximum Gasteiger partial charge on any atom is 0.123 e. The zero-order valence-electron chi connectivity index (χ0n) is 9.84. The molecule has 1 aromatic rings. The number of hydrogen-bond acceptors (Lipinski definition) is 1. The van der Waals surface area contributed by atoms with Crippen LogP contribution in [0.4, 0.5) is 10.1 Å². The van der Waals surface area contributed by atoms with Crippen LogP contribution >= 0.6 is 0 Å². The second-order valence-electron chi connectivity index (χ2n) is 4.72. The van der Waals surface area contributed by atoms with Crippen molar-refractivity contribution >= 4 is 5.69 Å². The highest BCUT2D eigenvalue weighted by atomic mass is 19.1. The smallest absolute Gasteiger partial charge is 0.123 e. The van der Waals surface area contributed by atoms with Gasteiger partial charge in [-0.25, -0.2) is 4.39 Å². The molecule has 0 spiro atoms. The van der Waals surface area contributed by atoms with E-state index in [0.29, 0.717) is 0 Å². The van der Waals surface area contributed by atoms with E-state index < -0.39 is 0 Å². The molecule has 15 heavy (non-hydrogen) atoms. The van der Waals surface area contributed by atoms with Gasteiger partial charge in [-0.2, -0.15) is 0 Å². The van der Waals surface area contributed by atoms with Gasteiger partial charge in [0.05, 0.1) is 0 Å². The maximum absolute atomic E-state index is 12.8. The number of nitrogens with zero attached hydrogens (tertiary/aromatic N) is 1. The molecule has 0 saturated carbocycles. The van der Waals surface area contributed by atoms with Gasteiger partial charge in [-0.05, 0) is 52.0 Å². The predicted octanol–water partition coefficient (Wildman–Crippen LogP) is 3.96. The van der Waals surface area contributed by atoms with Crippen LogP contribution in [-0.2, 0) is 0 Å². The van der Waals surface area contributed by atoms with E-state index in [2.05, 4.69) is 32.3 Å². The van der Waals surface area contributed by atoms with E-state index in [-0.39, 0.29) is 11.4 Å². The lowest BCUT2D eigenvalue weighted by molar-refractivity contribution is 0.541. The normalized spacial score (nSPS) is 11.3. The molecule has 2 heteroatoms. The minimum absolute atomic E-state index is 0.0519. The van der Waals surface area contributed by atoms with Crippen molar-refractivity contribution in [3.05, 3.63) is 42.4 Å². The van der Waals surface area contributed by atoms with Crippen LogP contribution in [0, 0.1) is 5.82 Å². The van der Waals surface area contributed by atoms with E-state index in [4.69, 9.17) is 0 Å². The minimum Gasteiger partial charge on any atom is -0.341 e. The molecule has 0 fully saturated rings. The Kier molecular flexibility index (Phi) is 3.18. The summed E-state index contributed by atoms with van der Waals surface area (Å²) in [5.41, 5.74) is 1.87. The van der Waals surface area contributed by atoms with Crippen LogP contribution in [-0.4, -0.2) is 5.54 Å². The minimum atomic E-state index is -0.214. The van der Waals surface area contributed by atoms with Gasteiger partial charge >= 0.3 is 0 Å². The highest BCUT2D eigenvalue weighted by Gasteiger charge is 2.22. The summed E-state index contributed by atoms with van der Waals surface area (Å²) in [7, 11) is 0. The standard InChI is InChI=1S/C13H18FN/c1-10(2)15(13(3,4)5)12-8-6-11(14)7-9-12/h6-9H,1H2,2-5H3. The fraction of sp³-hybridized carbons (Fsp3) is 0.385. The summed E-state index contributed by atoms with van der Waals surface area (Å²) in [6, 6.07) is 6.48. The largest absolute Gasteiger partial charge is 0.341 e. The Morgan fingerprint density at radius 2 is 1.67 bits per heavy atom. The molecule has 0 aromatic heterocycles. The van der Waals surface area contributed by atoms with Gasteiger partial charge in [-0.1, -0.05) is 6.58 Å². The van der Waals surface area contributed by atoms with Crippen LogP contribution in [0.5, 0.6) is 0 Å². The van der Waals surface area contributed by atoms with Crippen LogP contribution < -0.4 is 4.90 Å². The van der Waals surface area contributed by atoms with Crippen LogP contribution in [0.2, 0.25) is 0 Å². The van der Waals surface area contributed by atoms with Gasteiger partial charge in [0.1, 0.15) is 5.82 Å². The average Bonchev–Trinajstić information content (AvgIpc) is 2.05. The summed E-state index contributed by atoms with van der Waals surface area (Å²) in [6.45, 7) is 12.2. The van der Waals surface area contributed by atoms with Crippen LogP contribution in [0.15, 0.2) is 36.5 Å². The Morgan fingerprint density at radius 1 is 1.20 bits per heavy atom. The number of allylic oxidation sites excluding steroid dienone is 1. The third-order valence-electron chi connectivity index (χ3n) is 2.14. The second kappa shape index (κ2) is 4.05. The third kappa shape index (κ3) is 2.82. The number of rotatable bonds is 2. The first-order valence-corrected chi connectivity index (χ1v) is 5.03. The molecule has 0 amide bonds. The first kappa shape index (κ1) is 11.8. The van der Waals surface area contributed by atoms with E-state index in [1.165, 1.54) is 12.1 Å².